The van der Waals surface area contributed by atoms with Gasteiger partial charge in [0.1, 0.15) is 0 Å². The highest BCUT2D eigenvalue weighted by Crippen LogP contribution is 2.34. The molecule has 0 aliphatic heterocycles. The van der Waals surface area contributed by atoms with Crippen LogP contribution in [0.5, 0.6) is 11.5 Å². The van der Waals surface area contributed by atoms with Crippen molar-refractivity contribution in [3.05, 3.63) is 23.0 Å². The number of halogens is 1. The lowest BCUT2D eigenvalue weighted by atomic mass is 10.1. The number of hydrogen-bond donors (Lipinski definition) is 0. The van der Waals surface area contributed by atoms with Crippen molar-refractivity contribution in [2.45, 2.75) is 27.7 Å². The van der Waals surface area contributed by atoms with Crippen molar-refractivity contribution in [3.63, 3.8) is 0 Å². The van der Waals surface area contributed by atoms with Crippen molar-refractivity contribution in [1.29, 1.82) is 0 Å². The first-order chi connectivity index (χ1) is 7.11. The van der Waals surface area contributed by atoms with E-state index in [1.165, 1.54) is 0 Å². The van der Waals surface area contributed by atoms with Crippen LogP contribution in [0, 0.1) is 19.7 Å². The van der Waals surface area contributed by atoms with Crippen LogP contribution in [-0.2, 0) is 0 Å². The molecular formula is C12H17FO2. The van der Waals surface area contributed by atoms with Crippen molar-refractivity contribution < 1.29 is 13.9 Å². The minimum absolute atomic E-state index is 0.224. The fourth-order valence-electron chi connectivity index (χ4n) is 1.36. The molecule has 0 spiro atoms. The minimum atomic E-state index is -0.319. The van der Waals surface area contributed by atoms with E-state index in [2.05, 4.69) is 0 Å². The lowest BCUT2D eigenvalue weighted by molar-refractivity contribution is 0.275. The zero-order valence-electron chi connectivity index (χ0n) is 9.69. The molecule has 1 rings (SSSR count). The number of aryl methyl sites for hydroxylation is 1. The van der Waals surface area contributed by atoms with E-state index in [1.54, 1.807) is 6.92 Å². The normalized spacial score (nSPS) is 10.2. The maximum atomic E-state index is 13.8. The second-order valence-electron chi connectivity index (χ2n) is 3.33. The summed E-state index contributed by atoms with van der Waals surface area (Å²) in [6, 6.07) is 1.81. The third-order valence-electron chi connectivity index (χ3n) is 2.28. The molecule has 15 heavy (non-hydrogen) atoms. The van der Waals surface area contributed by atoms with E-state index in [0.717, 1.165) is 5.56 Å². The molecule has 3 heteroatoms. The minimum Gasteiger partial charge on any atom is -0.490 e. The summed E-state index contributed by atoms with van der Waals surface area (Å²) in [5, 5.41) is 0. The molecular weight excluding hydrogens is 195 g/mol. The standard InChI is InChI=1S/C12H17FO2/c1-5-14-10-7-8(3)9(4)11(13)12(10)15-6-2/h7H,5-6H2,1-4H3. The van der Waals surface area contributed by atoms with Gasteiger partial charge in [0.2, 0.25) is 0 Å². The van der Waals surface area contributed by atoms with Gasteiger partial charge in [-0.05, 0) is 44.9 Å². The van der Waals surface area contributed by atoms with Crippen LogP contribution in [0.15, 0.2) is 6.07 Å². The Balaban J connectivity index is 3.23. The van der Waals surface area contributed by atoms with Gasteiger partial charge >= 0.3 is 0 Å². The van der Waals surface area contributed by atoms with Crippen LogP contribution in [0.1, 0.15) is 25.0 Å². The first-order valence-corrected chi connectivity index (χ1v) is 5.17. The summed E-state index contributed by atoms with van der Waals surface area (Å²) in [5.41, 5.74) is 1.49. The summed E-state index contributed by atoms with van der Waals surface area (Å²) in [5.74, 6) is 0.391. The molecule has 0 aliphatic carbocycles. The molecule has 0 saturated heterocycles. The van der Waals surface area contributed by atoms with Gasteiger partial charge in [-0.1, -0.05) is 0 Å². The molecule has 2 nitrogen and oxygen atoms in total. The zero-order chi connectivity index (χ0) is 11.4. The summed E-state index contributed by atoms with van der Waals surface area (Å²) in [6.07, 6.45) is 0. The van der Waals surface area contributed by atoms with Gasteiger partial charge in [-0.25, -0.2) is 4.39 Å². The van der Waals surface area contributed by atoms with Gasteiger partial charge in [-0.2, -0.15) is 0 Å². The molecule has 1 aromatic carbocycles. The monoisotopic (exact) mass is 212 g/mol. The van der Waals surface area contributed by atoms with E-state index in [4.69, 9.17) is 9.47 Å². The Morgan fingerprint density at radius 2 is 1.73 bits per heavy atom. The lowest BCUT2D eigenvalue weighted by Gasteiger charge is -2.14. The Bertz CT molecular complexity index is 348. The van der Waals surface area contributed by atoms with E-state index < -0.39 is 0 Å². The zero-order valence-corrected chi connectivity index (χ0v) is 9.69. The van der Waals surface area contributed by atoms with E-state index in [9.17, 15) is 4.39 Å². The highest BCUT2D eigenvalue weighted by Gasteiger charge is 2.15. The van der Waals surface area contributed by atoms with Crippen LogP contribution >= 0.6 is 0 Å². The average molecular weight is 212 g/mol. The summed E-state index contributed by atoms with van der Waals surface area (Å²) < 4.78 is 24.4. The van der Waals surface area contributed by atoms with Crippen molar-refractivity contribution in [2.24, 2.45) is 0 Å². The molecule has 0 amide bonds. The topological polar surface area (TPSA) is 18.5 Å². The fourth-order valence-corrected chi connectivity index (χ4v) is 1.36. The van der Waals surface area contributed by atoms with Crippen molar-refractivity contribution >= 4 is 0 Å². The largest absolute Gasteiger partial charge is 0.490 e. The highest BCUT2D eigenvalue weighted by atomic mass is 19.1. The molecule has 0 aromatic heterocycles. The SMILES string of the molecule is CCOc1cc(C)c(C)c(F)c1OCC. The number of rotatable bonds is 4. The third-order valence-corrected chi connectivity index (χ3v) is 2.28. The molecule has 1 aromatic rings. The van der Waals surface area contributed by atoms with Crippen LogP contribution in [0.3, 0.4) is 0 Å². The first kappa shape index (κ1) is 11.8. The molecule has 0 heterocycles. The van der Waals surface area contributed by atoms with E-state index in [1.807, 2.05) is 26.8 Å². The van der Waals surface area contributed by atoms with E-state index >= 15 is 0 Å². The van der Waals surface area contributed by atoms with Crippen LogP contribution < -0.4 is 9.47 Å². The molecule has 0 atom stereocenters. The highest BCUT2D eigenvalue weighted by molar-refractivity contribution is 5.48. The fraction of sp³-hybridized carbons (Fsp3) is 0.500. The summed E-state index contributed by atoms with van der Waals surface area (Å²) in [6.45, 7) is 8.22. The molecule has 84 valence electrons. The van der Waals surface area contributed by atoms with Crippen LogP contribution in [0.4, 0.5) is 4.39 Å². The molecule has 0 aliphatic rings. The summed E-state index contributed by atoms with van der Waals surface area (Å²) in [7, 11) is 0. The predicted molar refractivity (Wildman–Crippen MR) is 58.2 cm³/mol. The van der Waals surface area contributed by atoms with Gasteiger partial charge in [0.15, 0.2) is 17.3 Å². The van der Waals surface area contributed by atoms with Crippen LogP contribution in [0.25, 0.3) is 0 Å². The maximum absolute atomic E-state index is 13.8. The van der Waals surface area contributed by atoms with Gasteiger partial charge in [-0.3, -0.25) is 0 Å². The second-order valence-corrected chi connectivity index (χ2v) is 3.33. The smallest absolute Gasteiger partial charge is 0.197 e. The second kappa shape index (κ2) is 5.01. The Kier molecular flexibility index (Phi) is 3.95. The molecule has 0 saturated carbocycles. The Labute approximate surface area is 90.0 Å². The van der Waals surface area contributed by atoms with Crippen molar-refractivity contribution in [3.8, 4) is 11.5 Å². The molecule has 0 N–H and O–H groups in total. The average Bonchev–Trinajstić information content (AvgIpc) is 2.21. The van der Waals surface area contributed by atoms with Crippen molar-refractivity contribution in [1.82, 2.24) is 0 Å². The molecule has 0 bridgehead atoms. The van der Waals surface area contributed by atoms with Crippen molar-refractivity contribution in [2.75, 3.05) is 13.2 Å². The Hall–Kier alpha value is -1.25. The Morgan fingerprint density at radius 3 is 2.27 bits per heavy atom. The van der Waals surface area contributed by atoms with Gasteiger partial charge in [0.05, 0.1) is 13.2 Å². The predicted octanol–water partition coefficient (Wildman–Crippen LogP) is 3.24. The molecule has 0 fully saturated rings. The van der Waals surface area contributed by atoms with Gasteiger partial charge < -0.3 is 9.47 Å². The molecule has 0 radical (unpaired) electrons. The van der Waals surface area contributed by atoms with E-state index in [-0.39, 0.29) is 11.6 Å². The van der Waals surface area contributed by atoms with Gasteiger partial charge in [0.25, 0.3) is 0 Å². The summed E-state index contributed by atoms with van der Waals surface area (Å²) in [4.78, 5) is 0. The quantitative estimate of drug-likeness (QED) is 0.762. The Morgan fingerprint density at radius 1 is 1.13 bits per heavy atom. The maximum Gasteiger partial charge on any atom is 0.197 e. The first-order valence-electron chi connectivity index (χ1n) is 5.17. The number of ether oxygens (including phenoxy) is 2. The number of hydrogen-bond acceptors (Lipinski definition) is 2. The van der Waals surface area contributed by atoms with Crippen LogP contribution in [0.2, 0.25) is 0 Å². The van der Waals surface area contributed by atoms with Crippen LogP contribution in [-0.4, -0.2) is 13.2 Å². The summed E-state index contributed by atoms with van der Waals surface area (Å²) >= 11 is 0. The third kappa shape index (κ3) is 2.41. The molecule has 0 unspecified atom stereocenters. The number of benzene rings is 1. The lowest BCUT2D eigenvalue weighted by Crippen LogP contribution is -2.03. The van der Waals surface area contributed by atoms with E-state index in [0.29, 0.717) is 24.5 Å². The van der Waals surface area contributed by atoms with Gasteiger partial charge in [-0.15, -0.1) is 0 Å². The van der Waals surface area contributed by atoms with Gasteiger partial charge in [0, 0.05) is 0 Å².